The molecule has 36 heavy (non-hydrogen) atoms. The smallest absolute Gasteiger partial charge is 0.329 e. The molecule has 1 aromatic rings. The van der Waals surface area contributed by atoms with Gasteiger partial charge in [0.2, 0.25) is 10.0 Å². The molecule has 2 heterocycles. The standard InChI is InChI=1S/C25H37N3O7S/c1-17(2)15-20(23(30)34-24(3,4)5)26-22(29)21-16-25(35-27-21)11-13-28(14-12-25)36(31,32)19-9-7-18(33-6)8-10-19/h7-10,16-17,20,27H,11-15H2,1-6H3,(H,26,29). The maximum absolute atomic E-state index is 13.0. The van der Waals surface area contributed by atoms with Gasteiger partial charge in [-0.1, -0.05) is 13.8 Å². The number of carbonyl (C=O) groups is 2. The van der Waals surface area contributed by atoms with Crippen LogP contribution in [0, 0.1) is 5.92 Å². The highest BCUT2D eigenvalue weighted by molar-refractivity contribution is 7.89. The lowest BCUT2D eigenvalue weighted by atomic mass is 9.92. The minimum Gasteiger partial charge on any atom is -0.497 e. The van der Waals surface area contributed by atoms with E-state index >= 15 is 0 Å². The summed E-state index contributed by atoms with van der Waals surface area (Å²) in [6, 6.07) is 5.46. The summed E-state index contributed by atoms with van der Waals surface area (Å²) in [6.45, 7) is 9.71. The zero-order valence-electron chi connectivity index (χ0n) is 21.8. The Labute approximate surface area is 213 Å². The Morgan fingerprint density at radius 1 is 1.17 bits per heavy atom. The number of benzene rings is 1. The maximum Gasteiger partial charge on any atom is 0.329 e. The zero-order valence-corrected chi connectivity index (χ0v) is 22.6. The minimum absolute atomic E-state index is 0.160. The number of hydroxylamine groups is 1. The van der Waals surface area contributed by atoms with Gasteiger partial charge in [-0.2, -0.15) is 4.31 Å². The summed E-state index contributed by atoms with van der Waals surface area (Å²) in [5.74, 6) is -0.226. The van der Waals surface area contributed by atoms with Crippen LogP contribution in [0.2, 0.25) is 0 Å². The molecule has 1 atom stereocenters. The van der Waals surface area contributed by atoms with Gasteiger partial charge in [0.1, 0.15) is 28.7 Å². The molecule has 2 N–H and O–H groups in total. The predicted molar refractivity (Wildman–Crippen MR) is 133 cm³/mol. The molecule has 0 aliphatic carbocycles. The van der Waals surface area contributed by atoms with Crippen molar-refractivity contribution in [1.82, 2.24) is 15.1 Å². The number of nitrogens with one attached hydrogen (secondary N) is 2. The second-order valence-corrected chi connectivity index (χ2v) is 12.5. The SMILES string of the molecule is COc1ccc(S(=O)(=O)N2CCC3(C=C(C(=O)NC(CC(C)C)C(=O)OC(C)(C)C)NO3)CC2)cc1. The van der Waals surface area contributed by atoms with Gasteiger partial charge >= 0.3 is 5.97 Å². The van der Waals surface area contributed by atoms with E-state index in [1.54, 1.807) is 39.0 Å². The highest BCUT2D eigenvalue weighted by Gasteiger charge is 2.43. The van der Waals surface area contributed by atoms with E-state index in [0.717, 1.165) is 0 Å². The fourth-order valence-electron chi connectivity index (χ4n) is 4.13. The molecule has 1 saturated heterocycles. The Balaban J connectivity index is 1.65. The van der Waals surface area contributed by atoms with Crippen LogP contribution in [-0.4, -0.2) is 62.0 Å². The zero-order chi connectivity index (χ0) is 26.7. The van der Waals surface area contributed by atoms with Crippen molar-refractivity contribution in [3.63, 3.8) is 0 Å². The second-order valence-electron chi connectivity index (χ2n) is 10.6. The lowest BCUT2D eigenvalue weighted by molar-refractivity contribution is -0.159. The molecule has 1 amide bonds. The molecule has 1 aromatic carbocycles. The lowest BCUT2D eigenvalue weighted by Crippen LogP contribution is -2.46. The highest BCUT2D eigenvalue weighted by atomic mass is 32.2. The maximum atomic E-state index is 13.0. The number of carbonyl (C=O) groups excluding carboxylic acids is 2. The van der Waals surface area contributed by atoms with Crippen LogP contribution in [0.1, 0.15) is 53.9 Å². The lowest BCUT2D eigenvalue weighted by Gasteiger charge is -2.35. The van der Waals surface area contributed by atoms with Gasteiger partial charge in [-0.3, -0.25) is 15.1 Å². The molecular formula is C25H37N3O7S. The molecular weight excluding hydrogens is 486 g/mol. The van der Waals surface area contributed by atoms with E-state index in [1.165, 1.54) is 23.5 Å². The largest absolute Gasteiger partial charge is 0.497 e. The van der Waals surface area contributed by atoms with Crippen LogP contribution in [0.3, 0.4) is 0 Å². The third-order valence-electron chi connectivity index (χ3n) is 5.99. The third kappa shape index (κ3) is 6.77. The predicted octanol–water partition coefficient (Wildman–Crippen LogP) is 2.51. The number of piperidine rings is 1. The number of esters is 1. The molecule has 200 valence electrons. The molecule has 2 aliphatic heterocycles. The molecule has 1 unspecified atom stereocenters. The van der Waals surface area contributed by atoms with Crippen molar-refractivity contribution in [3.05, 3.63) is 36.0 Å². The second kappa shape index (κ2) is 10.8. The fraction of sp³-hybridized carbons (Fsp3) is 0.600. The van der Waals surface area contributed by atoms with Gasteiger partial charge in [-0.15, -0.1) is 0 Å². The van der Waals surface area contributed by atoms with Gasteiger partial charge in [-0.05, 0) is 76.3 Å². The van der Waals surface area contributed by atoms with Crippen LogP contribution < -0.4 is 15.5 Å². The summed E-state index contributed by atoms with van der Waals surface area (Å²) >= 11 is 0. The van der Waals surface area contributed by atoms with Crippen molar-refractivity contribution in [1.29, 1.82) is 0 Å². The van der Waals surface area contributed by atoms with Crippen molar-refractivity contribution < 1.29 is 32.3 Å². The molecule has 10 nitrogen and oxygen atoms in total. The fourth-order valence-corrected chi connectivity index (χ4v) is 5.57. The molecule has 11 heteroatoms. The van der Waals surface area contributed by atoms with Crippen LogP contribution in [-0.2, 0) is 29.2 Å². The normalized spacial score (nSPS) is 18.9. The Bertz CT molecular complexity index is 1080. The first-order valence-corrected chi connectivity index (χ1v) is 13.5. The van der Waals surface area contributed by atoms with Crippen LogP contribution in [0.5, 0.6) is 5.75 Å². The minimum atomic E-state index is -3.66. The average molecular weight is 524 g/mol. The van der Waals surface area contributed by atoms with Crippen LogP contribution in [0.25, 0.3) is 0 Å². The van der Waals surface area contributed by atoms with Gasteiger partial charge in [0.15, 0.2) is 0 Å². The van der Waals surface area contributed by atoms with Gasteiger partial charge in [-0.25, -0.2) is 13.2 Å². The Morgan fingerprint density at radius 3 is 2.31 bits per heavy atom. The summed E-state index contributed by atoms with van der Waals surface area (Å²) in [7, 11) is -2.14. The van der Waals surface area contributed by atoms with E-state index in [1.807, 2.05) is 13.8 Å². The number of rotatable bonds is 8. The first kappa shape index (κ1) is 27.9. The molecule has 2 aliphatic rings. The van der Waals surface area contributed by atoms with E-state index in [9.17, 15) is 18.0 Å². The monoisotopic (exact) mass is 523 g/mol. The Kier molecular flexibility index (Phi) is 8.37. The molecule has 3 rings (SSSR count). The molecule has 0 bridgehead atoms. The Morgan fingerprint density at radius 2 is 1.78 bits per heavy atom. The number of ether oxygens (including phenoxy) is 2. The van der Waals surface area contributed by atoms with Gasteiger partial charge in [0.05, 0.1) is 12.0 Å². The summed E-state index contributed by atoms with van der Waals surface area (Å²) in [5, 5.41) is 2.76. The van der Waals surface area contributed by atoms with Crippen molar-refractivity contribution >= 4 is 21.9 Å². The summed E-state index contributed by atoms with van der Waals surface area (Å²) in [6.07, 6.45) is 2.85. The van der Waals surface area contributed by atoms with Crippen molar-refractivity contribution in [2.75, 3.05) is 20.2 Å². The van der Waals surface area contributed by atoms with Crippen LogP contribution in [0.15, 0.2) is 40.9 Å². The molecule has 0 saturated carbocycles. The average Bonchev–Trinajstić information content (AvgIpc) is 3.21. The van der Waals surface area contributed by atoms with Gasteiger partial charge in [0.25, 0.3) is 5.91 Å². The quantitative estimate of drug-likeness (QED) is 0.499. The Hall–Kier alpha value is -2.63. The number of sulfonamides is 1. The van der Waals surface area contributed by atoms with E-state index in [0.29, 0.717) is 25.0 Å². The summed E-state index contributed by atoms with van der Waals surface area (Å²) in [5.41, 5.74) is 1.39. The van der Waals surface area contributed by atoms with E-state index < -0.39 is 39.1 Å². The van der Waals surface area contributed by atoms with E-state index in [4.69, 9.17) is 14.3 Å². The van der Waals surface area contributed by atoms with E-state index in [-0.39, 0.29) is 29.6 Å². The molecule has 0 aromatic heterocycles. The van der Waals surface area contributed by atoms with Gasteiger partial charge in [0, 0.05) is 13.1 Å². The topological polar surface area (TPSA) is 123 Å². The number of methoxy groups -OCH3 is 1. The van der Waals surface area contributed by atoms with Gasteiger partial charge < -0.3 is 14.8 Å². The molecule has 1 spiro atoms. The van der Waals surface area contributed by atoms with Crippen molar-refractivity contribution in [2.24, 2.45) is 5.92 Å². The van der Waals surface area contributed by atoms with Crippen LogP contribution in [0.4, 0.5) is 0 Å². The number of amides is 1. The van der Waals surface area contributed by atoms with Crippen molar-refractivity contribution in [3.8, 4) is 5.75 Å². The molecule has 1 fully saturated rings. The number of hydrogen-bond acceptors (Lipinski definition) is 8. The molecule has 0 radical (unpaired) electrons. The van der Waals surface area contributed by atoms with E-state index in [2.05, 4.69) is 10.8 Å². The third-order valence-corrected chi connectivity index (χ3v) is 7.90. The first-order valence-electron chi connectivity index (χ1n) is 12.1. The number of hydrogen-bond donors (Lipinski definition) is 2. The first-order chi connectivity index (χ1) is 16.7. The van der Waals surface area contributed by atoms with Crippen molar-refractivity contribution in [2.45, 2.75) is 76.0 Å². The highest BCUT2D eigenvalue weighted by Crippen LogP contribution is 2.34. The summed E-state index contributed by atoms with van der Waals surface area (Å²) < 4.78 is 38.1. The summed E-state index contributed by atoms with van der Waals surface area (Å²) in [4.78, 5) is 31.5. The van der Waals surface area contributed by atoms with Crippen LogP contribution >= 0.6 is 0 Å². The number of nitrogens with zero attached hydrogens (tertiary/aromatic N) is 1.